The lowest BCUT2D eigenvalue weighted by molar-refractivity contribution is 0.133. The lowest BCUT2D eigenvalue weighted by atomic mass is 10.2. The molecule has 1 atom stereocenters. The number of nitrogens with one attached hydrogen (secondary N) is 1. The first-order valence-electron chi connectivity index (χ1n) is 4.24. The standard InChI is InChI=1S/C9H11ClF2N2/c1-6(4-8(11)12)14-9-3-2-7(10)5-13-9/h2-3,5-6,8H,4H2,1H3,(H,13,14). The van der Waals surface area contributed by atoms with E-state index in [2.05, 4.69) is 10.3 Å². The van der Waals surface area contributed by atoms with E-state index in [1.54, 1.807) is 19.1 Å². The van der Waals surface area contributed by atoms with Crippen LogP contribution in [0.25, 0.3) is 0 Å². The lowest BCUT2D eigenvalue weighted by Crippen LogP contribution is -2.18. The first-order valence-corrected chi connectivity index (χ1v) is 4.62. The Balaban J connectivity index is 2.47. The second-order valence-electron chi connectivity index (χ2n) is 3.03. The summed E-state index contributed by atoms with van der Waals surface area (Å²) in [5.74, 6) is 0.558. The lowest BCUT2D eigenvalue weighted by Gasteiger charge is -2.13. The highest BCUT2D eigenvalue weighted by Crippen LogP contribution is 2.12. The van der Waals surface area contributed by atoms with Crippen LogP contribution in [-0.4, -0.2) is 17.5 Å². The minimum atomic E-state index is -2.30. The maximum absolute atomic E-state index is 12.0. The molecule has 0 aromatic carbocycles. The van der Waals surface area contributed by atoms with Gasteiger partial charge >= 0.3 is 0 Å². The number of aromatic nitrogens is 1. The van der Waals surface area contributed by atoms with E-state index in [0.717, 1.165) is 0 Å². The van der Waals surface area contributed by atoms with Crippen molar-refractivity contribution in [2.24, 2.45) is 0 Å². The molecule has 0 bridgehead atoms. The minimum absolute atomic E-state index is 0.190. The monoisotopic (exact) mass is 220 g/mol. The first kappa shape index (κ1) is 11.2. The molecule has 1 N–H and O–H groups in total. The van der Waals surface area contributed by atoms with Crippen LogP contribution in [0.3, 0.4) is 0 Å². The zero-order chi connectivity index (χ0) is 10.6. The molecule has 14 heavy (non-hydrogen) atoms. The van der Waals surface area contributed by atoms with E-state index in [0.29, 0.717) is 10.8 Å². The Hall–Kier alpha value is -0.900. The third-order valence-electron chi connectivity index (χ3n) is 1.65. The maximum atomic E-state index is 12.0. The van der Waals surface area contributed by atoms with Gasteiger partial charge in [-0.2, -0.15) is 0 Å². The quantitative estimate of drug-likeness (QED) is 0.843. The van der Waals surface area contributed by atoms with E-state index in [9.17, 15) is 8.78 Å². The molecule has 2 nitrogen and oxygen atoms in total. The largest absolute Gasteiger partial charge is 0.367 e. The first-order chi connectivity index (χ1) is 6.58. The molecule has 0 saturated carbocycles. The summed E-state index contributed by atoms with van der Waals surface area (Å²) in [6.07, 6.45) is -1.02. The molecule has 5 heteroatoms. The number of halogens is 3. The summed E-state index contributed by atoms with van der Waals surface area (Å²) in [6, 6.07) is 3.01. The van der Waals surface area contributed by atoms with Gasteiger partial charge in [0.05, 0.1) is 5.02 Å². The average molecular weight is 221 g/mol. The number of alkyl halides is 2. The zero-order valence-corrected chi connectivity index (χ0v) is 8.43. The molecule has 0 aliphatic rings. The summed E-state index contributed by atoms with van der Waals surface area (Å²) < 4.78 is 23.9. The van der Waals surface area contributed by atoms with Gasteiger partial charge in [0.15, 0.2) is 0 Å². The van der Waals surface area contributed by atoms with Crippen LogP contribution >= 0.6 is 11.6 Å². The fraction of sp³-hybridized carbons (Fsp3) is 0.444. The van der Waals surface area contributed by atoms with Crippen molar-refractivity contribution >= 4 is 17.4 Å². The Bertz CT molecular complexity index is 277. The highest BCUT2D eigenvalue weighted by atomic mass is 35.5. The number of nitrogens with zero attached hydrogens (tertiary/aromatic N) is 1. The van der Waals surface area contributed by atoms with Gasteiger partial charge in [-0.3, -0.25) is 0 Å². The van der Waals surface area contributed by atoms with Crippen LogP contribution in [0, 0.1) is 0 Å². The van der Waals surface area contributed by atoms with Crippen molar-refractivity contribution in [3.63, 3.8) is 0 Å². The third-order valence-corrected chi connectivity index (χ3v) is 1.88. The van der Waals surface area contributed by atoms with Crippen LogP contribution in [0.2, 0.25) is 5.02 Å². The van der Waals surface area contributed by atoms with Gasteiger partial charge in [0, 0.05) is 18.7 Å². The summed E-state index contributed by atoms with van der Waals surface area (Å²) in [5.41, 5.74) is 0. The second kappa shape index (κ2) is 5.10. The summed E-state index contributed by atoms with van der Waals surface area (Å²) in [4.78, 5) is 3.94. The highest BCUT2D eigenvalue weighted by Gasteiger charge is 2.10. The number of anilines is 1. The number of pyridine rings is 1. The minimum Gasteiger partial charge on any atom is -0.367 e. The van der Waals surface area contributed by atoms with E-state index in [1.807, 2.05) is 0 Å². The van der Waals surface area contributed by atoms with Gasteiger partial charge in [-0.25, -0.2) is 13.8 Å². The average Bonchev–Trinajstić information content (AvgIpc) is 2.07. The maximum Gasteiger partial charge on any atom is 0.240 e. The van der Waals surface area contributed by atoms with Gasteiger partial charge in [0.25, 0.3) is 0 Å². The van der Waals surface area contributed by atoms with Gasteiger partial charge in [-0.15, -0.1) is 0 Å². The molecule has 0 amide bonds. The summed E-state index contributed by atoms with van der Waals surface area (Å²) >= 11 is 5.62. The molecule has 78 valence electrons. The van der Waals surface area contributed by atoms with Crippen molar-refractivity contribution in [3.8, 4) is 0 Å². The molecule has 0 spiro atoms. The molecule has 0 radical (unpaired) electrons. The molecular formula is C9H11ClF2N2. The van der Waals surface area contributed by atoms with Crippen molar-refractivity contribution in [2.75, 3.05) is 5.32 Å². The Kier molecular flexibility index (Phi) is 4.07. The Morgan fingerprint density at radius 2 is 2.21 bits per heavy atom. The van der Waals surface area contributed by atoms with Crippen molar-refractivity contribution in [1.29, 1.82) is 0 Å². The van der Waals surface area contributed by atoms with Crippen LogP contribution in [0.4, 0.5) is 14.6 Å². The molecule has 1 heterocycles. The second-order valence-corrected chi connectivity index (χ2v) is 3.47. The molecule has 0 aliphatic carbocycles. The normalized spacial score (nSPS) is 12.9. The van der Waals surface area contributed by atoms with Crippen LogP contribution in [0.5, 0.6) is 0 Å². The van der Waals surface area contributed by atoms with Gasteiger partial charge in [0.2, 0.25) is 6.43 Å². The van der Waals surface area contributed by atoms with Crippen LogP contribution < -0.4 is 5.32 Å². The van der Waals surface area contributed by atoms with E-state index in [1.165, 1.54) is 6.20 Å². The predicted molar refractivity (Wildman–Crippen MR) is 53.0 cm³/mol. The fourth-order valence-corrected chi connectivity index (χ4v) is 1.15. The topological polar surface area (TPSA) is 24.9 Å². The molecular weight excluding hydrogens is 210 g/mol. The van der Waals surface area contributed by atoms with E-state index in [4.69, 9.17) is 11.6 Å². The predicted octanol–water partition coefficient (Wildman–Crippen LogP) is 3.19. The van der Waals surface area contributed by atoms with Crippen molar-refractivity contribution in [3.05, 3.63) is 23.4 Å². The number of hydrogen-bond acceptors (Lipinski definition) is 2. The van der Waals surface area contributed by atoms with Crippen molar-refractivity contribution in [2.45, 2.75) is 25.8 Å². The molecule has 0 saturated heterocycles. The van der Waals surface area contributed by atoms with Gasteiger partial charge in [-0.1, -0.05) is 11.6 Å². The molecule has 0 aliphatic heterocycles. The van der Waals surface area contributed by atoms with Crippen molar-refractivity contribution < 1.29 is 8.78 Å². The van der Waals surface area contributed by atoms with Gasteiger partial charge in [-0.05, 0) is 19.1 Å². The SMILES string of the molecule is CC(CC(F)F)Nc1ccc(Cl)cn1. The van der Waals surface area contributed by atoms with Gasteiger partial charge < -0.3 is 5.32 Å². The van der Waals surface area contributed by atoms with Crippen LogP contribution in [0.1, 0.15) is 13.3 Å². The molecule has 0 fully saturated rings. The molecule has 1 unspecified atom stereocenters. The van der Waals surface area contributed by atoms with Gasteiger partial charge in [0.1, 0.15) is 5.82 Å². The zero-order valence-electron chi connectivity index (χ0n) is 7.67. The third kappa shape index (κ3) is 3.87. The Morgan fingerprint density at radius 1 is 1.50 bits per heavy atom. The van der Waals surface area contributed by atoms with Crippen LogP contribution in [0.15, 0.2) is 18.3 Å². The van der Waals surface area contributed by atoms with Crippen LogP contribution in [-0.2, 0) is 0 Å². The Labute approximate surface area is 86.3 Å². The Morgan fingerprint density at radius 3 is 2.71 bits per heavy atom. The molecule has 1 aromatic heterocycles. The molecule has 1 aromatic rings. The summed E-state index contributed by atoms with van der Waals surface area (Å²) in [5, 5.41) is 3.38. The highest BCUT2D eigenvalue weighted by molar-refractivity contribution is 6.30. The molecule has 1 rings (SSSR count). The number of rotatable bonds is 4. The van der Waals surface area contributed by atoms with Crippen molar-refractivity contribution in [1.82, 2.24) is 4.98 Å². The smallest absolute Gasteiger partial charge is 0.240 e. The summed E-state index contributed by atoms with van der Waals surface area (Å²) in [7, 11) is 0. The van der Waals surface area contributed by atoms with E-state index >= 15 is 0 Å². The number of hydrogen-bond donors (Lipinski definition) is 1. The fourth-order valence-electron chi connectivity index (χ4n) is 1.04. The van der Waals surface area contributed by atoms with E-state index < -0.39 is 6.43 Å². The van der Waals surface area contributed by atoms with E-state index in [-0.39, 0.29) is 12.5 Å². The summed E-state index contributed by atoms with van der Waals surface area (Å²) in [6.45, 7) is 1.68.